The minimum Gasteiger partial charge on any atom is -0.450 e. The van der Waals surface area contributed by atoms with E-state index in [1.165, 1.54) is 11.8 Å². The quantitative estimate of drug-likeness (QED) is 0.438. The Morgan fingerprint density at radius 2 is 2.04 bits per heavy atom. The summed E-state index contributed by atoms with van der Waals surface area (Å²) in [5.74, 6) is -0.00373. The van der Waals surface area contributed by atoms with Crippen molar-refractivity contribution in [2.45, 2.75) is 43.8 Å². The molecular formula is C15H25N5O4S. The number of thioether (sulfide) groups is 1. The molecule has 5 N–H and O–H groups in total. The van der Waals surface area contributed by atoms with Crippen molar-refractivity contribution in [3.8, 4) is 0 Å². The fourth-order valence-electron chi connectivity index (χ4n) is 3.57. The number of piperidine rings is 1. The van der Waals surface area contributed by atoms with Crippen LogP contribution in [0.5, 0.6) is 0 Å². The fourth-order valence-corrected chi connectivity index (χ4v) is 4.90. The molecule has 0 aromatic rings. The number of amides is 3. The molecule has 5 atom stereocenters. The highest BCUT2D eigenvalue weighted by atomic mass is 32.2. The van der Waals surface area contributed by atoms with Gasteiger partial charge in [0.25, 0.3) is 0 Å². The monoisotopic (exact) mass is 371 g/mol. The van der Waals surface area contributed by atoms with Crippen LogP contribution in [0.4, 0.5) is 4.79 Å². The number of carbonyl (C=O) groups excluding carboxylic acids is 3. The number of nitrogens with one attached hydrogen (secondary N) is 5. The van der Waals surface area contributed by atoms with Crippen LogP contribution in [0.1, 0.15) is 26.2 Å². The highest BCUT2D eigenvalue weighted by Gasteiger charge is 2.43. The number of hydrazine groups is 1. The van der Waals surface area contributed by atoms with Crippen LogP contribution in [0.15, 0.2) is 0 Å². The van der Waals surface area contributed by atoms with Crippen LogP contribution in [0, 0.1) is 11.8 Å². The third kappa shape index (κ3) is 4.25. The van der Waals surface area contributed by atoms with Gasteiger partial charge in [0.15, 0.2) is 0 Å². The molecule has 0 spiro atoms. The van der Waals surface area contributed by atoms with Gasteiger partial charge in [-0.15, -0.1) is 11.8 Å². The van der Waals surface area contributed by atoms with Gasteiger partial charge in [0.1, 0.15) is 6.04 Å². The second-order valence-corrected chi connectivity index (χ2v) is 7.66. The van der Waals surface area contributed by atoms with Gasteiger partial charge in [0.05, 0.1) is 24.1 Å². The Morgan fingerprint density at radius 3 is 2.84 bits per heavy atom. The van der Waals surface area contributed by atoms with Crippen molar-refractivity contribution in [3.05, 3.63) is 0 Å². The van der Waals surface area contributed by atoms with Crippen LogP contribution < -0.4 is 26.8 Å². The summed E-state index contributed by atoms with van der Waals surface area (Å²) in [5, 5.41) is 8.22. The van der Waals surface area contributed by atoms with Crippen LogP contribution in [0.25, 0.3) is 0 Å². The minimum absolute atomic E-state index is 0.101. The molecule has 3 heterocycles. The zero-order valence-electron chi connectivity index (χ0n) is 14.2. The van der Waals surface area contributed by atoms with Gasteiger partial charge in [-0.3, -0.25) is 14.9 Å². The first-order chi connectivity index (χ1) is 12.1. The number of hydrogen-bond acceptors (Lipinski definition) is 8. The number of ether oxygens (including phenoxy) is 1. The molecule has 0 aliphatic carbocycles. The number of imide groups is 1. The average Bonchev–Trinajstić information content (AvgIpc) is 3.21. The lowest BCUT2D eigenvalue weighted by atomic mass is 9.90. The van der Waals surface area contributed by atoms with E-state index in [0.717, 1.165) is 25.1 Å². The van der Waals surface area contributed by atoms with E-state index in [4.69, 9.17) is 4.74 Å². The average molecular weight is 371 g/mol. The van der Waals surface area contributed by atoms with Crippen LogP contribution in [-0.2, 0) is 14.3 Å². The molecule has 0 saturated carbocycles. The number of rotatable bonds is 4. The molecule has 9 nitrogen and oxygen atoms in total. The molecular weight excluding hydrogens is 346 g/mol. The van der Waals surface area contributed by atoms with Crippen molar-refractivity contribution in [3.63, 3.8) is 0 Å². The van der Waals surface area contributed by atoms with Gasteiger partial charge in [-0.05, 0) is 38.5 Å². The Hall–Kier alpha value is -1.36. The molecule has 0 radical (unpaired) electrons. The minimum atomic E-state index is -0.743. The maximum Gasteiger partial charge on any atom is 0.413 e. The van der Waals surface area contributed by atoms with Crippen molar-refractivity contribution in [1.82, 2.24) is 26.8 Å². The van der Waals surface area contributed by atoms with Gasteiger partial charge < -0.3 is 15.4 Å². The summed E-state index contributed by atoms with van der Waals surface area (Å²) < 4.78 is 4.74. The van der Waals surface area contributed by atoms with E-state index in [0.29, 0.717) is 6.42 Å². The highest BCUT2D eigenvalue weighted by molar-refractivity contribution is 8.00. The molecule has 5 unspecified atom stereocenters. The first-order valence-corrected chi connectivity index (χ1v) is 9.79. The summed E-state index contributed by atoms with van der Waals surface area (Å²) in [7, 11) is 0. The molecule has 10 heteroatoms. The molecule has 0 aromatic carbocycles. The van der Waals surface area contributed by atoms with Crippen LogP contribution in [0.3, 0.4) is 0 Å². The topological polar surface area (TPSA) is 121 Å². The zero-order valence-corrected chi connectivity index (χ0v) is 15.0. The van der Waals surface area contributed by atoms with E-state index in [1.54, 1.807) is 6.92 Å². The fraction of sp³-hybridized carbons (Fsp3) is 0.800. The lowest BCUT2D eigenvalue weighted by Gasteiger charge is -2.28. The second kappa shape index (κ2) is 8.35. The standard InChI is InChI=1S/C15H25N5O4S/c1-2-24-15(23)18-12(21)9-5-7-25-14(9)17-13(22)10-8-4-3-6-16-11(8)20-19-10/h8-11,14,16,19-20H,2-7H2,1H3,(H,17,22)(H,18,21,23). The van der Waals surface area contributed by atoms with Gasteiger partial charge >= 0.3 is 6.09 Å². The Kier molecular flexibility index (Phi) is 6.15. The Bertz CT molecular complexity index is 534. The van der Waals surface area contributed by atoms with Crippen molar-refractivity contribution in [2.75, 3.05) is 18.9 Å². The molecule has 3 rings (SSSR count). The van der Waals surface area contributed by atoms with Crippen LogP contribution >= 0.6 is 11.8 Å². The van der Waals surface area contributed by atoms with Gasteiger partial charge in [-0.1, -0.05) is 0 Å². The predicted octanol–water partition coefficient (Wildman–Crippen LogP) is -0.743. The maximum atomic E-state index is 12.7. The van der Waals surface area contributed by atoms with Crippen LogP contribution in [0.2, 0.25) is 0 Å². The lowest BCUT2D eigenvalue weighted by Crippen LogP contribution is -2.51. The molecule has 0 aromatic heterocycles. The third-order valence-corrected chi connectivity index (χ3v) is 6.10. The normalized spacial score (nSPS) is 34.2. The van der Waals surface area contributed by atoms with Crippen molar-refractivity contribution in [1.29, 1.82) is 0 Å². The predicted molar refractivity (Wildman–Crippen MR) is 92.2 cm³/mol. The van der Waals surface area contributed by atoms with Gasteiger partial charge in [0, 0.05) is 5.92 Å². The highest BCUT2D eigenvalue weighted by Crippen LogP contribution is 2.31. The molecule has 3 aliphatic rings. The maximum absolute atomic E-state index is 12.7. The van der Waals surface area contributed by atoms with Crippen LogP contribution in [-0.4, -0.2) is 54.4 Å². The SMILES string of the molecule is CCOC(=O)NC(=O)C1CCSC1NC(=O)C1NNC2NCCCC21. The number of hydrogen-bond donors (Lipinski definition) is 5. The number of alkyl carbamates (subject to hydrolysis) is 1. The summed E-state index contributed by atoms with van der Waals surface area (Å²) in [4.78, 5) is 36.4. The Balaban J connectivity index is 1.55. The van der Waals surface area contributed by atoms with Crippen molar-refractivity contribution < 1.29 is 19.1 Å². The molecule has 3 saturated heterocycles. The summed E-state index contributed by atoms with van der Waals surface area (Å²) in [6, 6.07) is -0.326. The zero-order chi connectivity index (χ0) is 17.8. The summed E-state index contributed by atoms with van der Waals surface area (Å²) in [6.07, 6.45) is 1.98. The van der Waals surface area contributed by atoms with E-state index in [2.05, 4.69) is 26.8 Å². The molecule has 3 aliphatic heterocycles. The van der Waals surface area contributed by atoms with E-state index in [9.17, 15) is 14.4 Å². The van der Waals surface area contributed by atoms with E-state index in [1.807, 2.05) is 0 Å². The van der Waals surface area contributed by atoms with E-state index < -0.39 is 17.9 Å². The Morgan fingerprint density at radius 1 is 1.20 bits per heavy atom. The number of fused-ring (bicyclic) bond motifs is 1. The third-order valence-electron chi connectivity index (χ3n) is 4.83. The lowest BCUT2D eigenvalue weighted by molar-refractivity contribution is -0.126. The second-order valence-electron chi connectivity index (χ2n) is 6.41. The smallest absolute Gasteiger partial charge is 0.413 e. The number of carbonyl (C=O) groups is 3. The van der Waals surface area contributed by atoms with Crippen molar-refractivity contribution in [2.24, 2.45) is 11.8 Å². The molecule has 3 amide bonds. The first-order valence-electron chi connectivity index (χ1n) is 8.74. The molecule has 25 heavy (non-hydrogen) atoms. The van der Waals surface area contributed by atoms with E-state index in [-0.39, 0.29) is 36.0 Å². The van der Waals surface area contributed by atoms with Gasteiger partial charge in [-0.2, -0.15) is 0 Å². The van der Waals surface area contributed by atoms with Crippen molar-refractivity contribution >= 4 is 29.7 Å². The van der Waals surface area contributed by atoms with Gasteiger partial charge in [0.2, 0.25) is 11.8 Å². The summed E-state index contributed by atoms with van der Waals surface area (Å²) in [5.41, 5.74) is 6.18. The summed E-state index contributed by atoms with van der Waals surface area (Å²) >= 11 is 1.53. The van der Waals surface area contributed by atoms with E-state index >= 15 is 0 Å². The Labute approximate surface area is 150 Å². The summed E-state index contributed by atoms with van der Waals surface area (Å²) in [6.45, 7) is 2.82. The molecule has 3 fully saturated rings. The van der Waals surface area contributed by atoms with Gasteiger partial charge in [-0.25, -0.2) is 15.6 Å². The first kappa shape index (κ1) is 18.4. The largest absolute Gasteiger partial charge is 0.450 e. The molecule has 140 valence electrons. The molecule has 0 bridgehead atoms.